The average molecular weight is 188 g/mol. The van der Waals surface area contributed by atoms with Crippen LogP contribution in [0.3, 0.4) is 0 Å². The van der Waals surface area contributed by atoms with Crippen molar-refractivity contribution in [2.45, 2.75) is 39.0 Å². The van der Waals surface area contributed by atoms with Crippen LogP contribution in [0.4, 0.5) is 0 Å². The third-order valence-electron chi connectivity index (χ3n) is 1.51. The van der Waals surface area contributed by atoms with Gasteiger partial charge in [0, 0.05) is 0 Å². The second-order valence-electron chi connectivity index (χ2n) is 2.70. The zero-order valence-corrected chi connectivity index (χ0v) is 7.73. The third kappa shape index (κ3) is 13.1. The average Bonchev–Trinajstić information content (AvgIpc) is 1.85. The first-order valence-electron chi connectivity index (χ1n) is 4.01. The molecule has 0 aromatic rings. The molecule has 0 saturated carbocycles. The molecule has 3 nitrogen and oxygen atoms in total. The van der Waals surface area contributed by atoms with Gasteiger partial charge in [-0.1, -0.05) is 32.6 Å². The maximum absolute atomic E-state index is 10.2. The Morgan fingerprint density at radius 2 is 1.58 bits per heavy atom. The molecule has 0 aromatic carbocycles. The molecule has 0 spiro atoms. The normalized spacial score (nSPS) is 10.8. The second-order valence-corrected chi connectivity index (χ2v) is 4.27. The summed E-state index contributed by atoms with van der Waals surface area (Å²) in [6.07, 6.45) is 4.83. The van der Waals surface area contributed by atoms with Crippen molar-refractivity contribution < 1.29 is 13.0 Å². The minimum absolute atomic E-state index is 0. The van der Waals surface area contributed by atoms with Crippen LogP contribution in [0.1, 0.15) is 39.0 Å². The molecule has 0 aliphatic heterocycles. The quantitative estimate of drug-likeness (QED) is 0.387. The van der Waals surface area contributed by atoms with Crippen LogP contribution in [0, 0.1) is 0 Å². The maximum atomic E-state index is 10.2. The van der Waals surface area contributed by atoms with Crippen LogP contribution in [0.5, 0.6) is 0 Å². The molecule has 0 unspecified atom stereocenters. The summed E-state index contributed by atoms with van der Waals surface area (Å²) in [7, 11) is -3.71. The number of unbranched alkanes of at least 4 members (excludes halogenated alkanes) is 4. The Labute approximate surface area is 86.9 Å². The molecule has 0 aliphatic carbocycles. The van der Waals surface area contributed by atoms with Crippen LogP contribution < -0.4 is 0 Å². The van der Waals surface area contributed by atoms with E-state index in [0.29, 0.717) is 6.42 Å². The molecule has 0 heterocycles. The summed E-state index contributed by atoms with van der Waals surface area (Å²) in [6.45, 7) is 2.10. The van der Waals surface area contributed by atoms with Crippen LogP contribution in [0.25, 0.3) is 0 Å². The van der Waals surface area contributed by atoms with E-state index >= 15 is 0 Å². The molecule has 5 heteroatoms. The summed E-state index contributed by atoms with van der Waals surface area (Å²) in [6, 6.07) is 0. The molecule has 0 fully saturated rings. The minimum atomic E-state index is -3.71. The monoisotopic (exact) mass is 188 g/mol. The van der Waals surface area contributed by atoms with Gasteiger partial charge in [0.05, 0.1) is 5.75 Å². The van der Waals surface area contributed by atoms with Gasteiger partial charge in [-0.25, -0.2) is 0 Å². The number of hydrogen-bond acceptors (Lipinski definition) is 2. The van der Waals surface area contributed by atoms with E-state index in [1.807, 2.05) is 0 Å². The molecular weight excluding hydrogens is 171 g/mol. The van der Waals surface area contributed by atoms with Gasteiger partial charge in [0.15, 0.2) is 0 Å². The molecule has 70 valence electrons. The van der Waals surface area contributed by atoms with E-state index < -0.39 is 10.1 Å². The van der Waals surface area contributed by atoms with Crippen LogP contribution in [0.15, 0.2) is 0 Å². The summed E-state index contributed by atoms with van der Waals surface area (Å²) < 4.78 is 28.8. The fourth-order valence-electron chi connectivity index (χ4n) is 0.888. The van der Waals surface area contributed by atoms with Crippen LogP contribution >= 0.6 is 0 Å². The van der Waals surface area contributed by atoms with Crippen molar-refractivity contribution in [2.75, 3.05) is 5.75 Å². The van der Waals surface area contributed by atoms with Gasteiger partial charge in [-0.2, -0.15) is 8.42 Å². The predicted octanol–water partition coefficient (Wildman–Crippen LogP) is 1.20. The topological polar surface area (TPSA) is 54.4 Å². The first-order valence-corrected chi connectivity index (χ1v) is 5.62. The van der Waals surface area contributed by atoms with E-state index in [0.717, 1.165) is 25.7 Å². The Hall–Kier alpha value is 0.507. The fraction of sp³-hybridized carbons (Fsp3) is 1.00. The van der Waals surface area contributed by atoms with Gasteiger partial charge in [-0.05, 0) is 6.42 Å². The van der Waals surface area contributed by atoms with Gasteiger partial charge in [-0.3, -0.25) is 4.55 Å². The first kappa shape index (κ1) is 15.0. The van der Waals surface area contributed by atoms with Crippen molar-refractivity contribution in [3.8, 4) is 0 Å². The molecule has 0 aromatic heterocycles. The third-order valence-corrected chi connectivity index (χ3v) is 2.31. The molecule has 1 N–H and O–H groups in total. The van der Waals surface area contributed by atoms with Crippen LogP contribution in [-0.4, -0.2) is 37.6 Å². The van der Waals surface area contributed by atoms with E-state index in [1.54, 1.807) is 0 Å². The SMILES string of the molecule is CCCCCCCS(=O)(=O)O.[LiH]. The van der Waals surface area contributed by atoms with Crippen molar-refractivity contribution in [3.63, 3.8) is 0 Å². The summed E-state index contributed by atoms with van der Waals surface area (Å²) in [5.41, 5.74) is 0. The molecule has 0 rings (SSSR count). The van der Waals surface area contributed by atoms with Gasteiger partial charge in [0.25, 0.3) is 10.1 Å². The van der Waals surface area contributed by atoms with Gasteiger partial charge >= 0.3 is 18.9 Å². The Morgan fingerprint density at radius 1 is 1.08 bits per heavy atom. The first-order chi connectivity index (χ1) is 5.06. The molecular formula is C7H17LiO3S. The summed E-state index contributed by atoms with van der Waals surface area (Å²) in [5, 5.41) is 0. The Bertz CT molecular complexity index is 177. The van der Waals surface area contributed by atoms with Gasteiger partial charge in [0.1, 0.15) is 0 Å². The van der Waals surface area contributed by atoms with E-state index in [2.05, 4.69) is 6.92 Å². The van der Waals surface area contributed by atoms with E-state index in [9.17, 15) is 8.42 Å². The number of rotatable bonds is 6. The van der Waals surface area contributed by atoms with E-state index in [4.69, 9.17) is 4.55 Å². The van der Waals surface area contributed by atoms with E-state index in [-0.39, 0.29) is 24.6 Å². The van der Waals surface area contributed by atoms with Crippen molar-refractivity contribution in [3.05, 3.63) is 0 Å². The Kier molecular flexibility index (Phi) is 10.2. The zero-order valence-electron chi connectivity index (χ0n) is 6.91. The molecule has 0 atom stereocenters. The molecule has 0 saturated heterocycles. The Balaban J connectivity index is 0. The van der Waals surface area contributed by atoms with Gasteiger partial charge in [-0.15, -0.1) is 0 Å². The summed E-state index contributed by atoms with van der Waals surface area (Å²) in [5.74, 6) is -0.0866. The van der Waals surface area contributed by atoms with Crippen molar-refractivity contribution >= 4 is 29.0 Å². The van der Waals surface area contributed by atoms with Crippen molar-refractivity contribution in [2.24, 2.45) is 0 Å². The molecule has 0 amide bonds. The van der Waals surface area contributed by atoms with Crippen molar-refractivity contribution in [1.29, 1.82) is 0 Å². The van der Waals surface area contributed by atoms with Crippen molar-refractivity contribution in [1.82, 2.24) is 0 Å². The fourth-order valence-corrected chi connectivity index (χ4v) is 1.46. The second kappa shape index (κ2) is 8.12. The predicted molar refractivity (Wildman–Crippen MR) is 52.3 cm³/mol. The number of hydrogen-bond donors (Lipinski definition) is 1. The summed E-state index contributed by atoms with van der Waals surface area (Å²) >= 11 is 0. The molecule has 12 heavy (non-hydrogen) atoms. The van der Waals surface area contributed by atoms with Crippen LogP contribution in [0.2, 0.25) is 0 Å². The van der Waals surface area contributed by atoms with Crippen LogP contribution in [-0.2, 0) is 10.1 Å². The molecule has 0 bridgehead atoms. The summed E-state index contributed by atoms with van der Waals surface area (Å²) in [4.78, 5) is 0. The molecule has 0 radical (unpaired) electrons. The van der Waals surface area contributed by atoms with E-state index in [1.165, 1.54) is 0 Å². The molecule has 0 aliphatic rings. The standard InChI is InChI=1S/C7H16O3S.Li.H/c1-2-3-4-5-6-7-11(8,9)10;;/h2-7H2,1H3,(H,8,9,10);;. The van der Waals surface area contributed by atoms with Gasteiger partial charge in [0.2, 0.25) is 0 Å². The Morgan fingerprint density at radius 3 is 2.00 bits per heavy atom. The van der Waals surface area contributed by atoms with Gasteiger partial charge < -0.3 is 0 Å². The zero-order chi connectivity index (χ0) is 8.74.